The van der Waals surface area contributed by atoms with E-state index in [1.165, 1.54) is 0 Å². The zero-order valence-electron chi connectivity index (χ0n) is 8.37. The molecule has 0 atom stereocenters. The molecule has 0 saturated heterocycles. The summed E-state index contributed by atoms with van der Waals surface area (Å²) in [5, 5.41) is 7.75. The molecule has 0 saturated carbocycles. The fraction of sp³-hybridized carbons (Fsp3) is 0.200. The van der Waals surface area contributed by atoms with Gasteiger partial charge in [0.05, 0.1) is 5.39 Å². The highest BCUT2D eigenvalue weighted by molar-refractivity contribution is 9.10. The van der Waals surface area contributed by atoms with Gasteiger partial charge in [-0.3, -0.25) is 4.79 Å². The Morgan fingerprint density at radius 1 is 1.56 bits per heavy atom. The minimum absolute atomic E-state index is 0.269. The quantitative estimate of drug-likeness (QED) is 0.898. The molecular formula is C10H10BrN3O2. The molecule has 0 aliphatic heterocycles. The molecule has 1 aromatic heterocycles. The first-order valence-corrected chi connectivity index (χ1v) is 5.53. The van der Waals surface area contributed by atoms with Gasteiger partial charge < -0.3 is 15.6 Å². The number of aromatic nitrogens is 1. The molecule has 6 heteroatoms. The van der Waals surface area contributed by atoms with E-state index in [9.17, 15) is 4.79 Å². The Balaban J connectivity index is 2.15. The molecule has 1 heterocycles. The fourth-order valence-corrected chi connectivity index (χ4v) is 1.68. The molecule has 0 bridgehead atoms. The molecule has 0 aliphatic carbocycles. The minimum Gasteiger partial charge on any atom is -0.370 e. The Morgan fingerprint density at radius 3 is 3.12 bits per heavy atom. The van der Waals surface area contributed by atoms with Crippen LogP contribution in [0.4, 0.5) is 5.82 Å². The van der Waals surface area contributed by atoms with E-state index in [2.05, 4.69) is 26.4 Å². The van der Waals surface area contributed by atoms with Gasteiger partial charge in [-0.25, -0.2) is 0 Å². The van der Waals surface area contributed by atoms with Crippen molar-refractivity contribution in [3.8, 4) is 0 Å². The van der Waals surface area contributed by atoms with Crippen LogP contribution in [0.2, 0.25) is 0 Å². The summed E-state index contributed by atoms with van der Waals surface area (Å²) in [7, 11) is 0. The van der Waals surface area contributed by atoms with E-state index in [1.807, 2.05) is 18.2 Å². The van der Waals surface area contributed by atoms with Gasteiger partial charge >= 0.3 is 0 Å². The zero-order chi connectivity index (χ0) is 11.5. The van der Waals surface area contributed by atoms with Crippen molar-refractivity contribution >= 4 is 38.6 Å². The molecule has 0 radical (unpaired) electrons. The number of halogens is 1. The third-order valence-electron chi connectivity index (χ3n) is 2.10. The topological polar surface area (TPSA) is 81.2 Å². The first-order valence-electron chi connectivity index (χ1n) is 4.74. The lowest BCUT2D eigenvalue weighted by Crippen LogP contribution is -2.15. The molecule has 2 aromatic rings. The van der Waals surface area contributed by atoms with E-state index in [0.29, 0.717) is 17.9 Å². The molecule has 1 aromatic carbocycles. The smallest absolute Gasteiger partial charge is 0.219 e. The maximum absolute atomic E-state index is 10.6. The molecule has 0 fully saturated rings. The van der Waals surface area contributed by atoms with Gasteiger partial charge in [-0.1, -0.05) is 21.1 Å². The number of carbonyl (C=O) groups excluding carboxylic acids is 1. The Kier molecular flexibility index (Phi) is 3.09. The van der Waals surface area contributed by atoms with Crippen LogP contribution in [0.5, 0.6) is 0 Å². The first kappa shape index (κ1) is 10.9. The summed E-state index contributed by atoms with van der Waals surface area (Å²) in [6, 6.07) is 5.63. The summed E-state index contributed by atoms with van der Waals surface area (Å²) in [5.74, 6) is 0.284. The number of hydrogen-bond donors (Lipinski definition) is 2. The summed E-state index contributed by atoms with van der Waals surface area (Å²) in [4.78, 5) is 10.6. The SMILES string of the molecule is NC(=O)CCNc1noc2cc(Br)ccc12. The Bertz CT molecular complexity index is 524. The number of fused-ring (bicyclic) bond motifs is 1. The second kappa shape index (κ2) is 4.52. The number of hydrogen-bond acceptors (Lipinski definition) is 4. The summed E-state index contributed by atoms with van der Waals surface area (Å²) < 4.78 is 6.06. The van der Waals surface area contributed by atoms with Crippen LogP contribution in [0.25, 0.3) is 11.0 Å². The van der Waals surface area contributed by atoms with E-state index in [0.717, 1.165) is 9.86 Å². The van der Waals surface area contributed by atoms with Crippen LogP contribution in [0, 0.1) is 0 Å². The van der Waals surface area contributed by atoms with Gasteiger partial charge in [-0.15, -0.1) is 0 Å². The molecule has 0 spiro atoms. The van der Waals surface area contributed by atoms with Crippen LogP contribution >= 0.6 is 15.9 Å². The van der Waals surface area contributed by atoms with Gasteiger partial charge in [0, 0.05) is 17.4 Å². The largest absolute Gasteiger partial charge is 0.370 e. The van der Waals surface area contributed by atoms with Crippen molar-refractivity contribution in [3.05, 3.63) is 22.7 Å². The maximum Gasteiger partial charge on any atom is 0.219 e. The van der Waals surface area contributed by atoms with Crippen LogP contribution < -0.4 is 11.1 Å². The number of rotatable bonds is 4. The lowest BCUT2D eigenvalue weighted by molar-refractivity contribution is -0.117. The predicted molar refractivity (Wildman–Crippen MR) is 64.0 cm³/mol. The average molecular weight is 284 g/mol. The highest BCUT2D eigenvalue weighted by Crippen LogP contribution is 2.25. The zero-order valence-corrected chi connectivity index (χ0v) is 9.95. The number of nitrogens with one attached hydrogen (secondary N) is 1. The molecule has 2 rings (SSSR count). The maximum atomic E-state index is 10.6. The number of anilines is 1. The summed E-state index contributed by atoms with van der Waals surface area (Å²) in [6.07, 6.45) is 0.269. The van der Waals surface area contributed by atoms with E-state index in [4.69, 9.17) is 10.3 Å². The predicted octanol–water partition coefficient (Wildman–Crippen LogP) is 1.88. The van der Waals surface area contributed by atoms with Gasteiger partial charge in [-0.05, 0) is 18.2 Å². The van der Waals surface area contributed by atoms with Gasteiger partial charge in [0.25, 0.3) is 0 Å². The van der Waals surface area contributed by atoms with Gasteiger partial charge in [0.2, 0.25) is 5.91 Å². The summed E-state index contributed by atoms with van der Waals surface area (Å²) in [6.45, 7) is 0.451. The third-order valence-corrected chi connectivity index (χ3v) is 2.59. The molecule has 5 nitrogen and oxygen atoms in total. The number of carbonyl (C=O) groups is 1. The van der Waals surface area contributed by atoms with Crippen LogP contribution in [-0.4, -0.2) is 17.6 Å². The van der Waals surface area contributed by atoms with Crippen LogP contribution in [0.3, 0.4) is 0 Å². The summed E-state index contributed by atoms with van der Waals surface area (Å²) >= 11 is 3.34. The van der Waals surface area contributed by atoms with Gasteiger partial charge in [-0.2, -0.15) is 0 Å². The highest BCUT2D eigenvalue weighted by Gasteiger charge is 2.07. The molecule has 0 aliphatic rings. The van der Waals surface area contributed by atoms with E-state index < -0.39 is 0 Å². The van der Waals surface area contributed by atoms with Crippen molar-refractivity contribution in [2.24, 2.45) is 5.73 Å². The number of nitrogens with zero attached hydrogens (tertiary/aromatic N) is 1. The standard InChI is InChI=1S/C10H10BrN3O2/c11-6-1-2-7-8(5-6)16-14-10(7)13-4-3-9(12)15/h1-2,5H,3-4H2,(H2,12,15)(H,13,14). The number of benzene rings is 1. The van der Waals surface area contributed by atoms with E-state index in [-0.39, 0.29) is 12.3 Å². The van der Waals surface area contributed by atoms with Crippen molar-refractivity contribution in [1.82, 2.24) is 5.16 Å². The van der Waals surface area contributed by atoms with Crippen LogP contribution in [-0.2, 0) is 4.79 Å². The normalized spacial score (nSPS) is 10.6. The molecule has 0 unspecified atom stereocenters. The lowest BCUT2D eigenvalue weighted by Gasteiger charge is -1.99. The summed E-state index contributed by atoms with van der Waals surface area (Å²) in [5.41, 5.74) is 5.73. The van der Waals surface area contributed by atoms with E-state index >= 15 is 0 Å². The van der Waals surface area contributed by atoms with Crippen LogP contribution in [0.1, 0.15) is 6.42 Å². The van der Waals surface area contributed by atoms with Crippen molar-refractivity contribution in [2.75, 3.05) is 11.9 Å². The van der Waals surface area contributed by atoms with Crippen LogP contribution in [0.15, 0.2) is 27.2 Å². The van der Waals surface area contributed by atoms with Crippen molar-refractivity contribution in [3.63, 3.8) is 0 Å². The monoisotopic (exact) mass is 283 g/mol. The fourth-order valence-electron chi connectivity index (χ4n) is 1.34. The molecule has 1 amide bonds. The molecule has 16 heavy (non-hydrogen) atoms. The lowest BCUT2D eigenvalue weighted by atomic mass is 10.2. The number of amides is 1. The van der Waals surface area contributed by atoms with Crippen molar-refractivity contribution in [1.29, 1.82) is 0 Å². The highest BCUT2D eigenvalue weighted by atomic mass is 79.9. The number of primary amides is 1. The Hall–Kier alpha value is -1.56. The molecule has 84 valence electrons. The van der Waals surface area contributed by atoms with Gasteiger partial charge in [0.15, 0.2) is 11.4 Å². The second-order valence-electron chi connectivity index (χ2n) is 3.31. The van der Waals surface area contributed by atoms with E-state index in [1.54, 1.807) is 0 Å². The first-order chi connectivity index (χ1) is 7.66. The Morgan fingerprint density at radius 2 is 2.38 bits per heavy atom. The third kappa shape index (κ3) is 2.33. The molecule has 3 N–H and O–H groups in total. The average Bonchev–Trinajstić information content (AvgIpc) is 2.60. The second-order valence-corrected chi connectivity index (χ2v) is 4.23. The Labute approximate surface area is 100 Å². The minimum atomic E-state index is -0.344. The van der Waals surface area contributed by atoms with Gasteiger partial charge in [0.1, 0.15) is 0 Å². The van der Waals surface area contributed by atoms with Crippen molar-refractivity contribution in [2.45, 2.75) is 6.42 Å². The molecular weight excluding hydrogens is 274 g/mol. The van der Waals surface area contributed by atoms with Crippen molar-refractivity contribution < 1.29 is 9.32 Å². The number of nitrogens with two attached hydrogens (primary N) is 1.